The second-order valence-electron chi connectivity index (χ2n) is 6.82. The molecule has 0 unspecified atom stereocenters. The minimum atomic E-state index is -3.78. The van der Waals surface area contributed by atoms with Gasteiger partial charge in [-0.1, -0.05) is 30.3 Å². The van der Waals surface area contributed by atoms with Gasteiger partial charge in [-0.25, -0.2) is 13.2 Å². The number of ether oxygens (including phenoxy) is 1. The molecule has 0 radical (unpaired) electrons. The van der Waals surface area contributed by atoms with E-state index in [-0.39, 0.29) is 11.4 Å². The van der Waals surface area contributed by atoms with Gasteiger partial charge >= 0.3 is 5.97 Å². The molecular formula is C21H19NO4S. The molecular weight excluding hydrogens is 362 g/mol. The second kappa shape index (κ2) is 6.09. The molecule has 0 spiro atoms. The zero-order valence-electron chi connectivity index (χ0n) is 15.3. The highest BCUT2D eigenvalue weighted by Crippen LogP contribution is 2.41. The first kappa shape index (κ1) is 17.5. The summed E-state index contributed by atoms with van der Waals surface area (Å²) in [5.74, 6) is -0.152. The van der Waals surface area contributed by atoms with Gasteiger partial charge in [0.25, 0.3) is 10.0 Å². The number of esters is 1. The Morgan fingerprint density at radius 1 is 1.04 bits per heavy atom. The van der Waals surface area contributed by atoms with Gasteiger partial charge < -0.3 is 4.74 Å². The highest BCUT2D eigenvalue weighted by atomic mass is 32.2. The number of rotatable bonds is 3. The fraction of sp³-hybridized carbons (Fsp3) is 0.190. The van der Waals surface area contributed by atoms with Gasteiger partial charge in [0.1, 0.15) is 12.3 Å². The fourth-order valence-corrected chi connectivity index (χ4v) is 5.16. The Morgan fingerprint density at radius 3 is 2.48 bits per heavy atom. The minimum absolute atomic E-state index is 0.228. The van der Waals surface area contributed by atoms with Crippen LogP contribution in [0.15, 0.2) is 53.4 Å². The van der Waals surface area contributed by atoms with Crippen LogP contribution in [0.2, 0.25) is 0 Å². The molecule has 27 heavy (non-hydrogen) atoms. The van der Waals surface area contributed by atoms with Crippen LogP contribution in [0.3, 0.4) is 0 Å². The number of aryl methyl sites for hydroxylation is 2. The van der Waals surface area contributed by atoms with E-state index in [9.17, 15) is 13.2 Å². The lowest BCUT2D eigenvalue weighted by atomic mass is 10.1. The van der Waals surface area contributed by atoms with Crippen molar-refractivity contribution in [1.29, 1.82) is 0 Å². The average molecular weight is 381 g/mol. The van der Waals surface area contributed by atoms with Gasteiger partial charge in [-0.2, -0.15) is 0 Å². The van der Waals surface area contributed by atoms with E-state index in [1.165, 1.54) is 0 Å². The number of anilines is 1. The molecule has 0 bridgehead atoms. The first-order valence-electron chi connectivity index (χ1n) is 8.62. The summed E-state index contributed by atoms with van der Waals surface area (Å²) in [5.41, 5.74) is 3.37. The Morgan fingerprint density at radius 2 is 1.74 bits per heavy atom. The number of carbonyl (C=O) groups excluding carboxylic acids is 1. The monoisotopic (exact) mass is 381 g/mol. The first-order chi connectivity index (χ1) is 12.8. The summed E-state index contributed by atoms with van der Waals surface area (Å²) < 4.78 is 32.5. The van der Waals surface area contributed by atoms with E-state index >= 15 is 0 Å². The van der Waals surface area contributed by atoms with Crippen LogP contribution in [0.25, 0.3) is 10.8 Å². The molecule has 3 aromatic rings. The topological polar surface area (TPSA) is 63.7 Å². The van der Waals surface area contributed by atoms with Crippen LogP contribution in [-0.2, 0) is 14.8 Å². The van der Waals surface area contributed by atoms with Crippen molar-refractivity contribution in [2.24, 2.45) is 0 Å². The Hall–Kier alpha value is -2.86. The van der Waals surface area contributed by atoms with Crippen molar-refractivity contribution in [3.05, 3.63) is 65.2 Å². The third-order valence-electron chi connectivity index (χ3n) is 4.94. The lowest BCUT2D eigenvalue weighted by Crippen LogP contribution is -2.34. The van der Waals surface area contributed by atoms with Crippen molar-refractivity contribution in [3.8, 4) is 5.75 Å². The molecule has 0 aliphatic carbocycles. The van der Waals surface area contributed by atoms with Crippen LogP contribution in [0.5, 0.6) is 5.75 Å². The van der Waals surface area contributed by atoms with Crippen molar-refractivity contribution in [2.75, 3.05) is 10.8 Å². The van der Waals surface area contributed by atoms with Crippen LogP contribution < -0.4 is 9.04 Å². The van der Waals surface area contributed by atoms with E-state index in [2.05, 4.69) is 0 Å². The lowest BCUT2D eigenvalue weighted by molar-refractivity contribution is -0.132. The number of sulfonamides is 1. The molecule has 0 amide bonds. The van der Waals surface area contributed by atoms with Crippen LogP contribution in [0.4, 0.5) is 5.69 Å². The van der Waals surface area contributed by atoms with E-state index in [1.54, 1.807) is 30.3 Å². The third-order valence-corrected chi connectivity index (χ3v) is 6.74. The molecule has 6 heteroatoms. The number of hydrogen-bond donors (Lipinski definition) is 0. The van der Waals surface area contributed by atoms with Crippen LogP contribution in [0.1, 0.15) is 16.7 Å². The molecule has 0 aromatic heterocycles. The Balaban J connectivity index is 1.68. The van der Waals surface area contributed by atoms with Gasteiger partial charge in [-0.05, 0) is 61.0 Å². The highest BCUT2D eigenvalue weighted by Gasteiger charge is 2.37. The zero-order valence-corrected chi connectivity index (χ0v) is 16.1. The van der Waals surface area contributed by atoms with Gasteiger partial charge in [0.05, 0.1) is 10.6 Å². The van der Waals surface area contributed by atoms with E-state index in [0.717, 1.165) is 26.4 Å². The predicted molar refractivity (Wildman–Crippen MR) is 105 cm³/mol. The van der Waals surface area contributed by atoms with Crippen molar-refractivity contribution >= 4 is 32.5 Å². The van der Waals surface area contributed by atoms with E-state index < -0.39 is 16.0 Å². The number of benzene rings is 3. The molecule has 0 fully saturated rings. The fourth-order valence-electron chi connectivity index (χ4n) is 3.51. The standard InChI is InChI=1S/C21H19NO4S/c1-13-10-14(2)15(3)18(11-13)26-20(23)12-22-17-8-4-6-16-7-5-9-19(21(16)17)27(22,24)25/h4-11H,12H2,1-3H3. The van der Waals surface area contributed by atoms with Crippen LogP contribution >= 0.6 is 0 Å². The summed E-state index contributed by atoms with van der Waals surface area (Å²) in [6.45, 7) is 5.37. The van der Waals surface area contributed by atoms with E-state index in [0.29, 0.717) is 16.8 Å². The van der Waals surface area contributed by atoms with Crippen molar-refractivity contribution in [3.63, 3.8) is 0 Å². The second-order valence-corrected chi connectivity index (χ2v) is 8.65. The Bertz CT molecular complexity index is 1190. The maximum atomic E-state index is 12.9. The quantitative estimate of drug-likeness (QED) is 0.510. The SMILES string of the molecule is Cc1cc(C)c(C)c(OC(=O)CN2c3cccc4cccc(c34)S2(=O)=O)c1. The van der Waals surface area contributed by atoms with Crippen molar-refractivity contribution in [1.82, 2.24) is 0 Å². The summed E-state index contributed by atoms with van der Waals surface area (Å²) in [4.78, 5) is 12.8. The molecule has 1 heterocycles. The minimum Gasteiger partial charge on any atom is -0.425 e. The smallest absolute Gasteiger partial charge is 0.332 e. The van der Waals surface area contributed by atoms with E-state index in [1.807, 2.05) is 39.0 Å². The summed E-state index contributed by atoms with van der Waals surface area (Å²) in [6, 6.07) is 14.3. The highest BCUT2D eigenvalue weighted by molar-refractivity contribution is 7.93. The zero-order chi connectivity index (χ0) is 19.3. The van der Waals surface area contributed by atoms with Gasteiger partial charge in [-0.15, -0.1) is 0 Å². The molecule has 4 rings (SSSR count). The number of nitrogens with zero attached hydrogens (tertiary/aromatic N) is 1. The number of carbonyl (C=O) groups is 1. The molecule has 1 aliphatic rings. The number of hydrogen-bond acceptors (Lipinski definition) is 4. The molecule has 0 atom stereocenters. The average Bonchev–Trinajstić information content (AvgIpc) is 2.83. The molecule has 5 nitrogen and oxygen atoms in total. The summed E-state index contributed by atoms with van der Waals surface area (Å²) in [7, 11) is -3.78. The van der Waals surface area contributed by atoms with Crippen LogP contribution in [0, 0.1) is 20.8 Å². The lowest BCUT2D eigenvalue weighted by Gasteiger charge is -2.18. The first-order valence-corrected chi connectivity index (χ1v) is 10.1. The molecule has 0 saturated heterocycles. The maximum absolute atomic E-state index is 12.9. The molecule has 138 valence electrons. The summed E-state index contributed by atoms with van der Waals surface area (Å²) in [6.07, 6.45) is 0. The van der Waals surface area contributed by atoms with Gasteiger partial charge in [0.2, 0.25) is 0 Å². The molecule has 3 aromatic carbocycles. The largest absolute Gasteiger partial charge is 0.425 e. The summed E-state index contributed by atoms with van der Waals surface area (Å²) in [5, 5.41) is 1.48. The van der Waals surface area contributed by atoms with Crippen molar-refractivity contribution < 1.29 is 17.9 Å². The molecule has 0 saturated carbocycles. The van der Waals surface area contributed by atoms with Crippen LogP contribution in [-0.4, -0.2) is 20.9 Å². The molecule has 0 N–H and O–H groups in total. The van der Waals surface area contributed by atoms with Gasteiger partial charge in [0.15, 0.2) is 0 Å². The third kappa shape index (κ3) is 2.77. The van der Waals surface area contributed by atoms with E-state index in [4.69, 9.17) is 4.74 Å². The Kier molecular flexibility index (Phi) is 3.96. The normalized spacial score (nSPS) is 14.6. The predicted octanol–water partition coefficient (Wildman–Crippen LogP) is 3.88. The molecule has 1 aliphatic heterocycles. The Labute approximate surface area is 158 Å². The van der Waals surface area contributed by atoms with Gasteiger partial charge in [0, 0.05) is 5.39 Å². The van der Waals surface area contributed by atoms with Crippen molar-refractivity contribution in [2.45, 2.75) is 25.7 Å². The maximum Gasteiger partial charge on any atom is 0.332 e. The summed E-state index contributed by atoms with van der Waals surface area (Å²) >= 11 is 0. The van der Waals surface area contributed by atoms with Gasteiger partial charge in [-0.3, -0.25) is 4.31 Å².